The Morgan fingerprint density at radius 3 is 2.00 bits per heavy atom. The van der Waals surface area contributed by atoms with Crippen molar-refractivity contribution >= 4 is 0 Å². The SMILES string of the molecule is CC=C(NC)C(NC)C(C)NC. The summed E-state index contributed by atoms with van der Waals surface area (Å²) in [6.07, 6.45) is 2.09. The van der Waals surface area contributed by atoms with Gasteiger partial charge in [-0.25, -0.2) is 0 Å². The monoisotopic (exact) mass is 171 g/mol. The van der Waals surface area contributed by atoms with Crippen LogP contribution in [0.2, 0.25) is 0 Å². The van der Waals surface area contributed by atoms with Crippen LogP contribution in [0.15, 0.2) is 11.8 Å². The molecule has 0 aliphatic carbocycles. The summed E-state index contributed by atoms with van der Waals surface area (Å²) < 4.78 is 0. The van der Waals surface area contributed by atoms with Gasteiger partial charge in [-0.15, -0.1) is 0 Å². The first kappa shape index (κ1) is 11.5. The third kappa shape index (κ3) is 2.83. The molecule has 0 aromatic heterocycles. The maximum Gasteiger partial charge on any atom is 0.0616 e. The fraction of sp³-hybridized carbons (Fsp3) is 0.778. The summed E-state index contributed by atoms with van der Waals surface area (Å²) in [6, 6.07) is 0.777. The predicted molar refractivity (Wildman–Crippen MR) is 54.2 cm³/mol. The third-order valence-electron chi connectivity index (χ3n) is 2.20. The lowest BCUT2D eigenvalue weighted by Gasteiger charge is -2.25. The number of hydrogen-bond acceptors (Lipinski definition) is 3. The molecule has 0 saturated carbocycles. The van der Waals surface area contributed by atoms with Crippen molar-refractivity contribution in [2.45, 2.75) is 25.9 Å². The Kier molecular flexibility index (Phi) is 5.76. The second-order valence-electron chi connectivity index (χ2n) is 2.84. The van der Waals surface area contributed by atoms with Crippen LogP contribution in [-0.4, -0.2) is 33.2 Å². The molecule has 2 unspecified atom stereocenters. The van der Waals surface area contributed by atoms with E-state index in [1.165, 1.54) is 5.70 Å². The summed E-state index contributed by atoms with van der Waals surface area (Å²) in [4.78, 5) is 0. The Morgan fingerprint density at radius 1 is 1.17 bits per heavy atom. The van der Waals surface area contributed by atoms with Crippen molar-refractivity contribution in [1.29, 1.82) is 0 Å². The summed E-state index contributed by atoms with van der Waals surface area (Å²) in [6.45, 7) is 4.20. The van der Waals surface area contributed by atoms with E-state index in [1.807, 2.05) is 28.1 Å². The first-order valence-electron chi connectivity index (χ1n) is 4.39. The molecule has 2 atom stereocenters. The van der Waals surface area contributed by atoms with Crippen LogP contribution in [0.1, 0.15) is 13.8 Å². The molecule has 3 heteroatoms. The lowest BCUT2D eigenvalue weighted by Crippen LogP contribution is -2.47. The molecule has 0 bridgehead atoms. The number of rotatable bonds is 5. The Bertz CT molecular complexity index is 143. The van der Waals surface area contributed by atoms with Crippen LogP contribution >= 0.6 is 0 Å². The fourth-order valence-electron chi connectivity index (χ4n) is 1.32. The molecule has 0 spiro atoms. The molecule has 0 aromatic carbocycles. The zero-order chi connectivity index (χ0) is 9.56. The molecular formula is C9H21N3. The Balaban J connectivity index is 4.31. The summed E-state index contributed by atoms with van der Waals surface area (Å²) in [7, 11) is 5.89. The van der Waals surface area contributed by atoms with E-state index in [0.717, 1.165) is 0 Å². The van der Waals surface area contributed by atoms with Crippen LogP contribution in [0.4, 0.5) is 0 Å². The minimum atomic E-state index is 0.352. The molecule has 0 aliphatic heterocycles. The van der Waals surface area contributed by atoms with Gasteiger partial charge in [0.15, 0.2) is 0 Å². The van der Waals surface area contributed by atoms with Crippen LogP contribution in [0.3, 0.4) is 0 Å². The van der Waals surface area contributed by atoms with Gasteiger partial charge >= 0.3 is 0 Å². The van der Waals surface area contributed by atoms with Gasteiger partial charge < -0.3 is 16.0 Å². The molecule has 0 saturated heterocycles. The Labute approximate surface area is 75.6 Å². The van der Waals surface area contributed by atoms with E-state index in [0.29, 0.717) is 12.1 Å². The number of hydrogen-bond donors (Lipinski definition) is 3. The minimum absolute atomic E-state index is 0.352. The second-order valence-corrected chi connectivity index (χ2v) is 2.84. The number of nitrogens with one attached hydrogen (secondary N) is 3. The molecular weight excluding hydrogens is 150 g/mol. The summed E-state index contributed by atoms with van der Waals surface area (Å²) in [5, 5.41) is 9.66. The summed E-state index contributed by atoms with van der Waals surface area (Å²) in [5.41, 5.74) is 1.22. The first-order valence-corrected chi connectivity index (χ1v) is 4.39. The molecule has 3 N–H and O–H groups in total. The maximum absolute atomic E-state index is 3.26. The highest BCUT2D eigenvalue weighted by Gasteiger charge is 2.16. The van der Waals surface area contributed by atoms with E-state index in [4.69, 9.17) is 0 Å². The van der Waals surface area contributed by atoms with Crippen LogP contribution < -0.4 is 16.0 Å². The quantitative estimate of drug-likeness (QED) is 0.557. The number of likely N-dealkylation sites (N-methyl/N-ethyl adjacent to an activating group) is 3. The molecule has 3 nitrogen and oxygen atoms in total. The zero-order valence-electron chi connectivity index (χ0n) is 8.73. The molecule has 0 heterocycles. The second kappa shape index (κ2) is 6.03. The van der Waals surface area contributed by atoms with E-state index in [1.54, 1.807) is 0 Å². The lowest BCUT2D eigenvalue weighted by atomic mass is 10.1. The molecule has 0 fully saturated rings. The van der Waals surface area contributed by atoms with Crippen LogP contribution in [0, 0.1) is 0 Å². The average molecular weight is 171 g/mol. The van der Waals surface area contributed by atoms with Crippen molar-refractivity contribution in [2.75, 3.05) is 21.1 Å². The fourth-order valence-corrected chi connectivity index (χ4v) is 1.32. The Hall–Kier alpha value is -0.540. The average Bonchev–Trinajstić information content (AvgIpc) is 2.12. The first-order chi connectivity index (χ1) is 5.71. The van der Waals surface area contributed by atoms with E-state index >= 15 is 0 Å². The van der Waals surface area contributed by atoms with Crippen molar-refractivity contribution < 1.29 is 0 Å². The molecule has 0 radical (unpaired) electrons. The standard InChI is InChI=1S/C9H21N3/c1-6-8(11-4)9(12-5)7(2)10-3/h6-7,9-12H,1-5H3. The summed E-state index contributed by atoms with van der Waals surface area (Å²) >= 11 is 0. The van der Waals surface area contributed by atoms with E-state index in [9.17, 15) is 0 Å². The minimum Gasteiger partial charge on any atom is -0.390 e. The molecule has 0 aromatic rings. The van der Waals surface area contributed by atoms with Gasteiger partial charge in [0, 0.05) is 18.8 Å². The normalized spacial score (nSPS) is 17.2. The summed E-state index contributed by atoms with van der Waals surface area (Å²) in [5.74, 6) is 0. The predicted octanol–water partition coefficient (Wildman–Crippen LogP) is 0.306. The molecule has 12 heavy (non-hydrogen) atoms. The molecule has 0 aliphatic rings. The van der Waals surface area contributed by atoms with Gasteiger partial charge in [0.25, 0.3) is 0 Å². The van der Waals surface area contributed by atoms with Gasteiger partial charge in [-0.1, -0.05) is 6.08 Å². The van der Waals surface area contributed by atoms with E-state index in [-0.39, 0.29) is 0 Å². The van der Waals surface area contributed by atoms with Crippen LogP contribution in [-0.2, 0) is 0 Å². The van der Waals surface area contributed by atoms with Gasteiger partial charge in [0.05, 0.1) is 6.04 Å². The third-order valence-corrected chi connectivity index (χ3v) is 2.20. The van der Waals surface area contributed by atoms with Crippen molar-refractivity contribution in [2.24, 2.45) is 0 Å². The number of allylic oxidation sites excluding steroid dienone is 1. The Morgan fingerprint density at radius 2 is 1.75 bits per heavy atom. The zero-order valence-corrected chi connectivity index (χ0v) is 8.73. The highest BCUT2D eigenvalue weighted by Crippen LogP contribution is 2.02. The molecule has 0 amide bonds. The molecule has 72 valence electrons. The van der Waals surface area contributed by atoms with Crippen molar-refractivity contribution in [1.82, 2.24) is 16.0 Å². The smallest absolute Gasteiger partial charge is 0.0616 e. The van der Waals surface area contributed by atoms with Gasteiger partial charge in [-0.3, -0.25) is 0 Å². The van der Waals surface area contributed by atoms with Gasteiger partial charge in [0.1, 0.15) is 0 Å². The van der Waals surface area contributed by atoms with E-state index in [2.05, 4.69) is 29.0 Å². The largest absolute Gasteiger partial charge is 0.390 e. The van der Waals surface area contributed by atoms with Gasteiger partial charge in [-0.2, -0.15) is 0 Å². The lowest BCUT2D eigenvalue weighted by molar-refractivity contribution is 0.462. The van der Waals surface area contributed by atoms with Crippen LogP contribution in [0.5, 0.6) is 0 Å². The topological polar surface area (TPSA) is 36.1 Å². The maximum atomic E-state index is 3.26. The van der Waals surface area contributed by atoms with Gasteiger partial charge in [-0.05, 0) is 27.9 Å². The van der Waals surface area contributed by atoms with E-state index < -0.39 is 0 Å². The van der Waals surface area contributed by atoms with Crippen molar-refractivity contribution in [3.8, 4) is 0 Å². The van der Waals surface area contributed by atoms with Gasteiger partial charge in [0.2, 0.25) is 0 Å². The van der Waals surface area contributed by atoms with Crippen LogP contribution in [0.25, 0.3) is 0 Å². The highest BCUT2D eigenvalue weighted by atomic mass is 15.0. The van der Waals surface area contributed by atoms with Crippen molar-refractivity contribution in [3.63, 3.8) is 0 Å². The highest BCUT2D eigenvalue weighted by molar-refractivity contribution is 5.10. The van der Waals surface area contributed by atoms with Crippen molar-refractivity contribution in [3.05, 3.63) is 11.8 Å². The molecule has 0 rings (SSSR count).